The molecule has 0 saturated carbocycles. The highest BCUT2D eigenvalue weighted by molar-refractivity contribution is 6.30. The van der Waals surface area contributed by atoms with E-state index in [9.17, 15) is 9.59 Å². The van der Waals surface area contributed by atoms with E-state index in [1.165, 1.54) is 6.92 Å². The number of hydrogen-bond acceptors (Lipinski definition) is 2. The van der Waals surface area contributed by atoms with E-state index < -0.39 is 0 Å². The van der Waals surface area contributed by atoms with Gasteiger partial charge in [-0.3, -0.25) is 9.59 Å². The lowest BCUT2D eigenvalue weighted by atomic mass is 10.1. The summed E-state index contributed by atoms with van der Waals surface area (Å²) in [6.45, 7) is 4.73. The van der Waals surface area contributed by atoms with Gasteiger partial charge < -0.3 is 10.2 Å². The molecule has 0 bridgehead atoms. The zero-order valence-corrected chi connectivity index (χ0v) is 12.7. The van der Waals surface area contributed by atoms with Crippen LogP contribution >= 0.6 is 11.6 Å². The normalized spacial score (nSPS) is 10.2. The molecule has 0 atom stereocenters. The largest absolute Gasteiger partial charge is 0.354 e. The molecule has 1 N–H and O–H groups in total. The van der Waals surface area contributed by atoms with E-state index in [-0.39, 0.29) is 18.4 Å². The second kappa shape index (κ2) is 8.59. The third-order valence-corrected chi connectivity index (χ3v) is 3.13. The first-order valence-electron chi connectivity index (χ1n) is 6.79. The Morgan fingerprint density at radius 2 is 2.10 bits per heavy atom. The molecule has 2 amide bonds. The maximum Gasteiger partial charge on any atom is 0.239 e. The summed E-state index contributed by atoms with van der Waals surface area (Å²) in [5.74, 6) is -0.201. The van der Waals surface area contributed by atoms with Gasteiger partial charge in [0, 0.05) is 25.0 Å². The molecule has 0 unspecified atom stereocenters. The van der Waals surface area contributed by atoms with E-state index in [1.54, 1.807) is 4.90 Å². The standard InChI is InChI=1S/C15H21ClN2O2/c1-3-9-18(12(2)19)11-15(20)17-8-7-13-5-4-6-14(16)10-13/h4-6,10H,3,7-9,11H2,1-2H3,(H,17,20). The summed E-state index contributed by atoms with van der Waals surface area (Å²) in [6, 6.07) is 7.56. The van der Waals surface area contributed by atoms with Crippen molar-refractivity contribution in [2.45, 2.75) is 26.7 Å². The number of nitrogens with zero attached hydrogens (tertiary/aromatic N) is 1. The average Bonchev–Trinajstić information content (AvgIpc) is 2.38. The van der Waals surface area contributed by atoms with Gasteiger partial charge in [-0.2, -0.15) is 0 Å². The van der Waals surface area contributed by atoms with E-state index in [1.807, 2.05) is 31.2 Å². The summed E-state index contributed by atoms with van der Waals surface area (Å²) >= 11 is 5.89. The molecule has 1 aromatic rings. The van der Waals surface area contributed by atoms with Crippen LogP contribution in [0.25, 0.3) is 0 Å². The van der Waals surface area contributed by atoms with Gasteiger partial charge in [0.15, 0.2) is 0 Å². The van der Waals surface area contributed by atoms with Crippen molar-refractivity contribution >= 4 is 23.4 Å². The van der Waals surface area contributed by atoms with Crippen LogP contribution in [0, 0.1) is 0 Å². The quantitative estimate of drug-likeness (QED) is 0.839. The molecule has 1 rings (SSSR count). The lowest BCUT2D eigenvalue weighted by molar-refractivity contribution is -0.134. The van der Waals surface area contributed by atoms with Crippen LogP contribution in [0.4, 0.5) is 0 Å². The smallest absolute Gasteiger partial charge is 0.239 e. The van der Waals surface area contributed by atoms with E-state index in [0.29, 0.717) is 18.1 Å². The van der Waals surface area contributed by atoms with Crippen LogP contribution in [0.2, 0.25) is 5.02 Å². The Bertz CT molecular complexity index is 463. The molecule has 20 heavy (non-hydrogen) atoms. The SMILES string of the molecule is CCCN(CC(=O)NCCc1cccc(Cl)c1)C(C)=O. The summed E-state index contributed by atoms with van der Waals surface area (Å²) < 4.78 is 0. The number of carbonyl (C=O) groups excluding carboxylic acids is 2. The maximum atomic E-state index is 11.8. The molecule has 0 spiro atoms. The Hall–Kier alpha value is -1.55. The molecule has 0 fully saturated rings. The number of carbonyl (C=O) groups is 2. The third kappa shape index (κ3) is 6.06. The van der Waals surface area contributed by atoms with Crippen molar-refractivity contribution in [2.75, 3.05) is 19.6 Å². The van der Waals surface area contributed by atoms with Crippen LogP contribution in [-0.2, 0) is 16.0 Å². The number of halogens is 1. The van der Waals surface area contributed by atoms with Gasteiger partial charge in [0.05, 0.1) is 6.54 Å². The van der Waals surface area contributed by atoms with Gasteiger partial charge in [-0.1, -0.05) is 30.7 Å². The fourth-order valence-electron chi connectivity index (χ4n) is 1.89. The summed E-state index contributed by atoms with van der Waals surface area (Å²) in [7, 11) is 0. The third-order valence-electron chi connectivity index (χ3n) is 2.90. The van der Waals surface area contributed by atoms with Crippen LogP contribution < -0.4 is 5.32 Å². The Balaban J connectivity index is 2.34. The fraction of sp³-hybridized carbons (Fsp3) is 0.467. The van der Waals surface area contributed by atoms with Crippen molar-refractivity contribution in [3.8, 4) is 0 Å². The predicted octanol–water partition coefficient (Wildman–Crippen LogP) is 2.26. The van der Waals surface area contributed by atoms with Crippen molar-refractivity contribution in [1.29, 1.82) is 0 Å². The lowest BCUT2D eigenvalue weighted by Gasteiger charge is -2.19. The molecule has 0 aliphatic carbocycles. The maximum absolute atomic E-state index is 11.8. The highest BCUT2D eigenvalue weighted by Crippen LogP contribution is 2.10. The number of amides is 2. The van der Waals surface area contributed by atoms with Gasteiger partial charge in [-0.15, -0.1) is 0 Å². The van der Waals surface area contributed by atoms with Crippen LogP contribution in [-0.4, -0.2) is 36.3 Å². The van der Waals surface area contributed by atoms with Gasteiger partial charge in [-0.05, 0) is 30.5 Å². The number of nitrogens with one attached hydrogen (secondary N) is 1. The second-order valence-corrected chi connectivity index (χ2v) is 5.11. The van der Waals surface area contributed by atoms with E-state index >= 15 is 0 Å². The van der Waals surface area contributed by atoms with Crippen molar-refractivity contribution < 1.29 is 9.59 Å². The summed E-state index contributed by atoms with van der Waals surface area (Å²) in [5, 5.41) is 3.51. The zero-order chi connectivity index (χ0) is 15.0. The molecular formula is C15H21ClN2O2. The summed E-state index contributed by atoms with van der Waals surface area (Å²) in [5.41, 5.74) is 1.08. The fourth-order valence-corrected chi connectivity index (χ4v) is 2.10. The van der Waals surface area contributed by atoms with E-state index in [0.717, 1.165) is 18.4 Å². The molecule has 0 saturated heterocycles. The van der Waals surface area contributed by atoms with E-state index in [2.05, 4.69) is 5.32 Å². The number of benzene rings is 1. The van der Waals surface area contributed by atoms with Gasteiger partial charge in [0.25, 0.3) is 0 Å². The van der Waals surface area contributed by atoms with Crippen molar-refractivity contribution in [3.63, 3.8) is 0 Å². The monoisotopic (exact) mass is 296 g/mol. The number of hydrogen-bond donors (Lipinski definition) is 1. The van der Waals surface area contributed by atoms with Crippen LogP contribution in [0.5, 0.6) is 0 Å². The molecule has 0 aliphatic heterocycles. The van der Waals surface area contributed by atoms with Gasteiger partial charge in [0.2, 0.25) is 11.8 Å². The molecular weight excluding hydrogens is 276 g/mol. The van der Waals surface area contributed by atoms with Crippen molar-refractivity contribution in [1.82, 2.24) is 10.2 Å². The Morgan fingerprint density at radius 3 is 2.70 bits per heavy atom. The molecule has 0 radical (unpaired) electrons. The lowest BCUT2D eigenvalue weighted by Crippen LogP contribution is -2.40. The first-order chi connectivity index (χ1) is 9.52. The Kier molecular flexibility index (Phi) is 7.09. The first-order valence-corrected chi connectivity index (χ1v) is 7.17. The molecule has 5 heteroatoms. The van der Waals surface area contributed by atoms with E-state index in [4.69, 9.17) is 11.6 Å². The highest BCUT2D eigenvalue weighted by Gasteiger charge is 2.11. The van der Waals surface area contributed by atoms with Crippen LogP contribution in [0.3, 0.4) is 0 Å². The summed E-state index contributed by atoms with van der Waals surface area (Å²) in [6.07, 6.45) is 1.57. The Morgan fingerprint density at radius 1 is 1.35 bits per heavy atom. The van der Waals surface area contributed by atoms with Crippen LogP contribution in [0.1, 0.15) is 25.8 Å². The minimum absolute atomic E-state index is 0.0724. The Labute approximate surface area is 125 Å². The van der Waals surface area contributed by atoms with Crippen molar-refractivity contribution in [2.24, 2.45) is 0 Å². The highest BCUT2D eigenvalue weighted by atomic mass is 35.5. The van der Waals surface area contributed by atoms with Gasteiger partial charge in [0.1, 0.15) is 0 Å². The average molecular weight is 297 g/mol. The van der Waals surface area contributed by atoms with Crippen molar-refractivity contribution in [3.05, 3.63) is 34.9 Å². The molecule has 110 valence electrons. The predicted molar refractivity (Wildman–Crippen MR) is 80.7 cm³/mol. The molecule has 1 aromatic carbocycles. The minimum atomic E-state index is -0.129. The van der Waals surface area contributed by atoms with Gasteiger partial charge >= 0.3 is 0 Å². The summed E-state index contributed by atoms with van der Waals surface area (Å²) in [4.78, 5) is 24.6. The topological polar surface area (TPSA) is 49.4 Å². The molecule has 4 nitrogen and oxygen atoms in total. The molecule has 0 aromatic heterocycles. The van der Waals surface area contributed by atoms with Crippen LogP contribution in [0.15, 0.2) is 24.3 Å². The second-order valence-electron chi connectivity index (χ2n) is 4.67. The number of rotatable bonds is 7. The molecule has 0 heterocycles. The minimum Gasteiger partial charge on any atom is -0.354 e. The molecule has 0 aliphatic rings. The first kappa shape index (κ1) is 16.5. The zero-order valence-electron chi connectivity index (χ0n) is 12.0. The van der Waals surface area contributed by atoms with Gasteiger partial charge in [-0.25, -0.2) is 0 Å².